The van der Waals surface area contributed by atoms with Crippen molar-refractivity contribution in [2.24, 2.45) is 0 Å². The van der Waals surface area contributed by atoms with Gasteiger partial charge in [0, 0.05) is 49.9 Å². The maximum absolute atomic E-state index is 2.46. The lowest BCUT2D eigenvalue weighted by Crippen LogP contribution is -2.11. The summed E-state index contributed by atoms with van der Waals surface area (Å²) in [5.74, 6) is 0. The first kappa shape index (κ1) is 37.4. The van der Waals surface area contributed by atoms with Crippen LogP contribution in [0.1, 0.15) is 5.56 Å². The van der Waals surface area contributed by atoms with Gasteiger partial charge in [-0.05, 0) is 119 Å². The van der Waals surface area contributed by atoms with E-state index >= 15 is 0 Å². The Morgan fingerprint density at radius 1 is 0.312 bits per heavy atom. The van der Waals surface area contributed by atoms with Crippen molar-refractivity contribution in [3.05, 3.63) is 248 Å². The number of para-hydroxylation sites is 4. The van der Waals surface area contributed by atoms with Crippen LogP contribution in [0.5, 0.6) is 0 Å². The van der Waals surface area contributed by atoms with Crippen molar-refractivity contribution < 1.29 is 0 Å². The molecule has 302 valence electrons. The van der Waals surface area contributed by atoms with Gasteiger partial charge >= 0.3 is 0 Å². The van der Waals surface area contributed by atoms with Crippen molar-refractivity contribution in [1.82, 2.24) is 9.13 Å². The molecule has 0 N–H and O–H groups in total. The molecule has 12 rings (SSSR count). The topological polar surface area (TPSA) is 13.1 Å². The molecule has 2 aromatic heterocycles. The fourth-order valence-corrected chi connectivity index (χ4v) is 9.80. The van der Waals surface area contributed by atoms with Crippen LogP contribution < -0.4 is 4.90 Å². The molecule has 0 saturated heterocycles. The molecule has 0 amide bonds. The molecule has 0 atom stereocenters. The molecule has 0 radical (unpaired) electrons. The molecular weight excluding hydrogens is 775 g/mol. The number of aryl methyl sites for hydroxylation is 1. The molecule has 0 saturated carbocycles. The summed E-state index contributed by atoms with van der Waals surface area (Å²) in [7, 11) is 0. The summed E-state index contributed by atoms with van der Waals surface area (Å²) in [6.07, 6.45) is 0. The van der Waals surface area contributed by atoms with Crippen LogP contribution in [0.25, 0.3) is 88.4 Å². The van der Waals surface area contributed by atoms with Crippen LogP contribution in [0.2, 0.25) is 0 Å². The molecular formula is C61H43N3. The van der Waals surface area contributed by atoms with Crippen molar-refractivity contribution in [2.75, 3.05) is 4.90 Å². The van der Waals surface area contributed by atoms with E-state index < -0.39 is 0 Å². The molecule has 0 bridgehead atoms. The number of aromatic nitrogens is 2. The standard InChI is InChI=1S/C61H43N3/c1-42-17-11-14-26-56(42)62(50-35-38-59-55(41-50)53-25-12-15-27-57(53)63(59)48-22-9-4-10-23-48)49-33-29-44(30-34-49)46-32-37-60-54(39-46)52-24-13-16-28-58(52)64(60)61-40-47(43-18-5-2-6-19-43)31-36-51(61)45-20-7-3-8-21-45/h2-41H,1H3. The highest BCUT2D eigenvalue weighted by Crippen LogP contribution is 2.43. The van der Waals surface area contributed by atoms with Gasteiger partial charge in [0.2, 0.25) is 0 Å². The van der Waals surface area contributed by atoms with Gasteiger partial charge in [0.1, 0.15) is 0 Å². The quantitative estimate of drug-likeness (QED) is 0.149. The molecule has 0 aliphatic heterocycles. The highest BCUT2D eigenvalue weighted by molar-refractivity contribution is 6.12. The van der Waals surface area contributed by atoms with Gasteiger partial charge in [-0.15, -0.1) is 0 Å². The average Bonchev–Trinajstić information content (AvgIpc) is 3.88. The third-order valence-corrected chi connectivity index (χ3v) is 12.8. The Labute approximate surface area is 373 Å². The van der Waals surface area contributed by atoms with Gasteiger partial charge in [-0.25, -0.2) is 0 Å². The Morgan fingerprint density at radius 3 is 1.52 bits per heavy atom. The second-order valence-corrected chi connectivity index (χ2v) is 16.6. The van der Waals surface area contributed by atoms with E-state index in [4.69, 9.17) is 0 Å². The molecule has 12 aromatic rings. The lowest BCUT2D eigenvalue weighted by Gasteiger charge is -2.27. The van der Waals surface area contributed by atoms with Crippen molar-refractivity contribution in [2.45, 2.75) is 6.92 Å². The number of benzene rings is 10. The predicted molar refractivity (Wildman–Crippen MR) is 271 cm³/mol. The van der Waals surface area contributed by atoms with E-state index in [2.05, 4.69) is 264 Å². The highest BCUT2D eigenvalue weighted by atomic mass is 15.1. The number of hydrogen-bond donors (Lipinski definition) is 0. The van der Waals surface area contributed by atoms with Crippen LogP contribution in [-0.2, 0) is 0 Å². The Hall–Kier alpha value is -8.40. The van der Waals surface area contributed by atoms with E-state index in [0.717, 1.165) is 28.4 Å². The predicted octanol–water partition coefficient (Wildman–Crippen LogP) is 16.7. The van der Waals surface area contributed by atoms with Crippen LogP contribution in [0.15, 0.2) is 243 Å². The smallest absolute Gasteiger partial charge is 0.0546 e. The molecule has 0 spiro atoms. The fourth-order valence-electron chi connectivity index (χ4n) is 9.80. The van der Waals surface area contributed by atoms with E-state index in [-0.39, 0.29) is 0 Å². The van der Waals surface area contributed by atoms with E-state index in [0.29, 0.717) is 0 Å². The zero-order valence-electron chi connectivity index (χ0n) is 35.4. The summed E-state index contributed by atoms with van der Waals surface area (Å²) in [5.41, 5.74) is 18.8. The summed E-state index contributed by atoms with van der Waals surface area (Å²) >= 11 is 0. The first-order chi connectivity index (χ1) is 31.7. The molecule has 3 heteroatoms. The van der Waals surface area contributed by atoms with Crippen LogP contribution in [0.4, 0.5) is 17.1 Å². The minimum absolute atomic E-state index is 1.11. The molecule has 0 fully saturated rings. The van der Waals surface area contributed by atoms with Crippen molar-refractivity contribution in [3.8, 4) is 44.8 Å². The second kappa shape index (κ2) is 15.5. The van der Waals surface area contributed by atoms with Crippen molar-refractivity contribution >= 4 is 60.7 Å². The average molecular weight is 818 g/mol. The van der Waals surface area contributed by atoms with Gasteiger partial charge in [0.05, 0.1) is 27.8 Å². The van der Waals surface area contributed by atoms with Gasteiger partial charge < -0.3 is 14.0 Å². The van der Waals surface area contributed by atoms with Crippen molar-refractivity contribution in [1.29, 1.82) is 0 Å². The number of nitrogens with zero attached hydrogens (tertiary/aromatic N) is 3. The molecule has 0 aliphatic rings. The maximum Gasteiger partial charge on any atom is 0.0546 e. The van der Waals surface area contributed by atoms with Crippen LogP contribution in [0.3, 0.4) is 0 Å². The van der Waals surface area contributed by atoms with E-state index in [1.54, 1.807) is 0 Å². The highest BCUT2D eigenvalue weighted by Gasteiger charge is 2.20. The van der Waals surface area contributed by atoms with Gasteiger partial charge in [0.25, 0.3) is 0 Å². The summed E-state index contributed by atoms with van der Waals surface area (Å²) in [4.78, 5) is 2.40. The summed E-state index contributed by atoms with van der Waals surface area (Å²) in [6, 6.07) is 88.2. The lowest BCUT2D eigenvalue weighted by molar-refractivity contribution is 1.18. The second-order valence-electron chi connectivity index (χ2n) is 16.6. The normalized spacial score (nSPS) is 11.5. The molecule has 0 aliphatic carbocycles. The molecule has 0 unspecified atom stereocenters. The SMILES string of the molecule is Cc1ccccc1N(c1ccc(-c2ccc3c(c2)c2ccccc2n3-c2cc(-c3ccccc3)ccc2-c2ccccc2)cc1)c1ccc2c(c1)c1ccccc1n2-c1ccccc1. The Balaban J connectivity index is 0.976. The van der Waals surface area contributed by atoms with E-state index in [1.165, 1.54) is 82.6 Å². The summed E-state index contributed by atoms with van der Waals surface area (Å²) < 4.78 is 4.83. The zero-order chi connectivity index (χ0) is 42.6. The number of anilines is 3. The van der Waals surface area contributed by atoms with Crippen LogP contribution in [0, 0.1) is 6.92 Å². The maximum atomic E-state index is 2.46. The molecule has 2 heterocycles. The van der Waals surface area contributed by atoms with E-state index in [9.17, 15) is 0 Å². The number of fused-ring (bicyclic) bond motifs is 6. The Bertz CT molecular complexity index is 3660. The van der Waals surface area contributed by atoms with Crippen LogP contribution >= 0.6 is 0 Å². The van der Waals surface area contributed by atoms with Gasteiger partial charge in [0.15, 0.2) is 0 Å². The third kappa shape index (κ3) is 6.29. The number of hydrogen-bond acceptors (Lipinski definition) is 1. The Morgan fingerprint density at radius 2 is 0.797 bits per heavy atom. The first-order valence-electron chi connectivity index (χ1n) is 22.0. The summed E-state index contributed by atoms with van der Waals surface area (Å²) in [5, 5.41) is 4.92. The lowest BCUT2D eigenvalue weighted by atomic mass is 9.98. The monoisotopic (exact) mass is 817 g/mol. The Kier molecular flexibility index (Phi) is 9.05. The van der Waals surface area contributed by atoms with Crippen molar-refractivity contribution in [3.63, 3.8) is 0 Å². The zero-order valence-corrected chi connectivity index (χ0v) is 35.4. The fraction of sp³-hybridized carbons (Fsp3) is 0.0164. The summed E-state index contributed by atoms with van der Waals surface area (Å²) in [6.45, 7) is 2.20. The molecule has 10 aromatic carbocycles. The molecule has 64 heavy (non-hydrogen) atoms. The van der Waals surface area contributed by atoms with E-state index in [1.807, 2.05) is 0 Å². The minimum atomic E-state index is 1.11. The van der Waals surface area contributed by atoms with Gasteiger partial charge in [-0.2, -0.15) is 0 Å². The van der Waals surface area contributed by atoms with Gasteiger partial charge in [-0.3, -0.25) is 0 Å². The number of rotatable bonds is 8. The largest absolute Gasteiger partial charge is 0.310 e. The first-order valence-corrected chi connectivity index (χ1v) is 22.0. The minimum Gasteiger partial charge on any atom is -0.310 e. The molecule has 3 nitrogen and oxygen atoms in total. The van der Waals surface area contributed by atoms with Gasteiger partial charge in [-0.1, -0.05) is 164 Å². The third-order valence-electron chi connectivity index (χ3n) is 12.8. The van der Waals surface area contributed by atoms with Crippen LogP contribution in [-0.4, -0.2) is 9.13 Å².